The largest absolute Gasteiger partial charge is 0.384 e. The molecule has 0 aliphatic heterocycles. The van der Waals surface area contributed by atoms with Gasteiger partial charge in [-0.05, 0) is 31.6 Å². The quantitative estimate of drug-likeness (QED) is 0.892. The molecule has 1 aromatic heterocycles. The zero-order valence-electron chi connectivity index (χ0n) is 11.3. The molecule has 2 fully saturated rings. The van der Waals surface area contributed by atoms with Crippen LogP contribution in [0.5, 0.6) is 0 Å². The topological polar surface area (TPSA) is 43.8 Å². The molecule has 0 saturated heterocycles. The smallest absolute Gasteiger partial charge is 0.248 e. The number of nitrogens with two attached hydrogens (primary N) is 1. The van der Waals surface area contributed by atoms with Crippen molar-refractivity contribution < 1.29 is 8.78 Å². The molecular weight excluding hydrogens is 248 g/mol. The monoisotopic (exact) mass is 269 g/mol. The molecule has 3 rings (SSSR count). The van der Waals surface area contributed by atoms with E-state index in [-0.39, 0.29) is 18.8 Å². The van der Waals surface area contributed by atoms with Crippen molar-refractivity contribution in [2.24, 2.45) is 7.05 Å². The SMILES string of the molecule is Cn1nc(C2CCC(F)(F)CC2)c(C2CCC2)c1N. The zero-order valence-corrected chi connectivity index (χ0v) is 11.3. The minimum absolute atomic E-state index is 0.0156. The number of halogens is 2. The van der Waals surface area contributed by atoms with Gasteiger partial charge >= 0.3 is 0 Å². The van der Waals surface area contributed by atoms with Crippen molar-refractivity contribution in [3.63, 3.8) is 0 Å². The van der Waals surface area contributed by atoms with Crippen LogP contribution in [0.25, 0.3) is 0 Å². The number of anilines is 1. The lowest BCUT2D eigenvalue weighted by molar-refractivity contribution is -0.0386. The summed E-state index contributed by atoms with van der Waals surface area (Å²) in [5, 5.41) is 4.53. The standard InChI is InChI=1S/C14H21F2N3/c1-19-13(17)11(9-3-2-4-9)12(18-19)10-5-7-14(15,16)8-6-10/h9-10H,2-8,17H2,1H3. The molecule has 0 radical (unpaired) electrons. The maximum atomic E-state index is 13.3. The van der Waals surface area contributed by atoms with Crippen molar-refractivity contribution in [3.8, 4) is 0 Å². The molecule has 2 saturated carbocycles. The molecule has 19 heavy (non-hydrogen) atoms. The molecule has 5 heteroatoms. The molecule has 0 amide bonds. The van der Waals surface area contributed by atoms with Gasteiger partial charge < -0.3 is 5.73 Å². The summed E-state index contributed by atoms with van der Waals surface area (Å²) in [5.41, 5.74) is 8.28. The van der Waals surface area contributed by atoms with E-state index in [1.807, 2.05) is 7.05 Å². The van der Waals surface area contributed by atoms with Crippen LogP contribution in [0.15, 0.2) is 0 Å². The van der Waals surface area contributed by atoms with Crippen LogP contribution in [-0.2, 0) is 7.05 Å². The van der Waals surface area contributed by atoms with E-state index in [2.05, 4.69) is 5.10 Å². The molecule has 106 valence electrons. The lowest BCUT2D eigenvalue weighted by Crippen LogP contribution is -2.25. The minimum atomic E-state index is -2.48. The molecule has 0 bridgehead atoms. The summed E-state index contributed by atoms with van der Waals surface area (Å²) in [5.74, 6) is -1.07. The first-order valence-corrected chi connectivity index (χ1v) is 7.18. The van der Waals surface area contributed by atoms with E-state index in [9.17, 15) is 8.78 Å². The van der Waals surface area contributed by atoms with Crippen LogP contribution in [0.4, 0.5) is 14.6 Å². The van der Waals surface area contributed by atoms with Crippen molar-refractivity contribution >= 4 is 5.82 Å². The molecule has 0 spiro atoms. The predicted molar refractivity (Wildman–Crippen MR) is 70.4 cm³/mol. The second-order valence-corrected chi connectivity index (χ2v) is 6.07. The Balaban J connectivity index is 1.86. The van der Waals surface area contributed by atoms with E-state index in [0.29, 0.717) is 18.8 Å². The van der Waals surface area contributed by atoms with Gasteiger partial charge in [0.2, 0.25) is 5.92 Å². The third-order valence-corrected chi connectivity index (χ3v) is 4.78. The highest BCUT2D eigenvalue weighted by atomic mass is 19.3. The Morgan fingerprint density at radius 1 is 1.16 bits per heavy atom. The summed E-state index contributed by atoms with van der Waals surface area (Å²) in [6.07, 6.45) is 4.58. The fraction of sp³-hybridized carbons (Fsp3) is 0.786. The van der Waals surface area contributed by atoms with E-state index >= 15 is 0 Å². The molecule has 0 atom stereocenters. The van der Waals surface area contributed by atoms with Crippen molar-refractivity contribution in [3.05, 3.63) is 11.3 Å². The Morgan fingerprint density at radius 3 is 2.32 bits per heavy atom. The molecule has 2 aliphatic rings. The molecule has 0 aromatic carbocycles. The third-order valence-electron chi connectivity index (χ3n) is 4.78. The van der Waals surface area contributed by atoms with E-state index in [0.717, 1.165) is 29.9 Å². The second kappa shape index (κ2) is 4.46. The summed E-state index contributed by atoms with van der Waals surface area (Å²) < 4.78 is 28.2. The number of hydrogen-bond acceptors (Lipinski definition) is 2. The van der Waals surface area contributed by atoms with Gasteiger partial charge in [-0.25, -0.2) is 8.78 Å². The van der Waals surface area contributed by atoms with Gasteiger partial charge in [0.25, 0.3) is 0 Å². The first-order chi connectivity index (χ1) is 8.98. The molecular formula is C14H21F2N3. The number of nitrogen functional groups attached to an aromatic ring is 1. The van der Waals surface area contributed by atoms with Crippen LogP contribution in [0.3, 0.4) is 0 Å². The van der Waals surface area contributed by atoms with Crippen molar-refractivity contribution in [1.29, 1.82) is 0 Å². The van der Waals surface area contributed by atoms with Gasteiger partial charge in [0.05, 0.1) is 5.69 Å². The number of alkyl halides is 2. The number of hydrogen-bond donors (Lipinski definition) is 1. The molecule has 0 unspecified atom stereocenters. The number of aryl methyl sites for hydroxylation is 1. The van der Waals surface area contributed by atoms with Crippen molar-refractivity contribution in [1.82, 2.24) is 9.78 Å². The first-order valence-electron chi connectivity index (χ1n) is 7.18. The maximum absolute atomic E-state index is 13.3. The fourth-order valence-corrected chi connectivity index (χ4v) is 3.31. The van der Waals surface area contributed by atoms with Gasteiger partial charge in [0.15, 0.2) is 0 Å². The third kappa shape index (κ3) is 2.23. The van der Waals surface area contributed by atoms with E-state index in [1.165, 1.54) is 6.42 Å². The van der Waals surface area contributed by atoms with Crippen LogP contribution in [0, 0.1) is 0 Å². The van der Waals surface area contributed by atoms with E-state index < -0.39 is 5.92 Å². The Kier molecular flexibility index (Phi) is 3.02. The summed E-state index contributed by atoms with van der Waals surface area (Å²) in [4.78, 5) is 0. The highest BCUT2D eigenvalue weighted by Crippen LogP contribution is 2.47. The average Bonchev–Trinajstić information content (AvgIpc) is 2.56. The molecule has 3 nitrogen and oxygen atoms in total. The molecule has 2 N–H and O–H groups in total. The lowest BCUT2D eigenvalue weighted by Gasteiger charge is -2.31. The van der Waals surface area contributed by atoms with Gasteiger partial charge in [-0.3, -0.25) is 4.68 Å². The van der Waals surface area contributed by atoms with Gasteiger partial charge in [0.1, 0.15) is 5.82 Å². The van der Waals surface area contributed by atoms with Crippen LogP contribution >= 0.6 is 0 Å². The van der Waals surface area contributed by atoms with Gasteiger partial charge in [-0.15, -0.1) is 0 Å². The minimum Gasteiger partial charge on any atom is -0.384 e. The normalized spacial score (nSPS) is 24.4. The summed E-state index contributed by atoms with van der Waals surface area (Å²) >= 11 is 0. The predicted octanol–water partition coefficient (Wildman–Crippen LogP) is 3.56. The highest BCUT2D eigenvalue weighted by molar-refractivity contribution is 5.48. The zero-order chi connectivity index (χ0) is 13.6. The molecule has 2 aliphatic carbocycles. The van der Waals surface area contributed by atoms with Crippen molar-refractivity contribution in [2.75, 3.05) is 5.73 Å². The molecule has 1 aromatic rings. The van der Waals surface area contributed by atoms with Gasteiger partial charge in [-0.2, -0.15) is 5.10 Å². The Labute approximate surface area is 112 Å². The van der Waals surface area contributed by atoms with Crippen molar-refractivity contribution in [2.45, 2.75) is 62.7 Å². The lowest BCUT2D eigenvalue weighted by atomic mass is 9.75. The summed E-state index contributed by atoms with van der Waals surface area (Å²) in [7, 11) is 1.85. The van der Waals surface area contributed by atoms with Gasteiger partial charge in [0, 0.05) is 31.4 Å². The molecule has 1 heterocycles. The summed E-state index contributed by atoms with van der Waals surface area (Å²) in [6.45, 7) is 0. The Bertz CT molecular complexity index is 467. The fourth-order valence-electron chi connectivity index (χ4n) is 3.31. The maximum Gasteiger partial charge on any atom is 0.248 e. The number of rotatable bonds is 2. The van der Waals surface area contributed by atoms with E-state index in [1.54, 1.807) is 4.68 Å². The van der Waals surface area contributed by atoms with Crippen LogP contribution in [0.1, 0.15) is 68.0 Å². The van der Waals surface area contributed by atoms with Crippen LogP contribution < -0.4 is 5.73 Å². The summed E-state index contributed by atoms with van der Waals surface area (Å²) in [6, 6.07) is 0. The van der Waals surface area contributed by atoms with Crippen LogP contribution in [0.2, 0.25) is 0 Å². The van der Waals surface area contributed by atoms with E-state index in [4.69, 9.17) is 5.73 Å². The van der Waals surface area contributed by atoms with Crippen LogP contribution in [-0.4, -0.2) is 15.7 Å². The highest BCUT2D eigenvalue weighted by Gasteiger charge is 2.38. The Hall–Kier alpha value is -1.13. The number of aromatic nitrogens is 2. The number of nitrogens with zero attached hydrogens (tertiary/aromatic N) is 2. The average molecular weight is 269 g/mol. The first kappa shape index (κ1) is 12.9. The van der Waals surface area contributed by atoms with Gasteiger partial charge in [-0.1, -0.05) is 6.42 Å². The second-order valence-electron chi connectivity index (χ2n) is 6.07. The Morgan fingerprint density at radius 2 is 1.79 bits per heavy atom.